The van der Waals surface area contributed by atoms with E-state index in [4.69, 9.17) is 27.8 Å². The van der Waals surface area contributed by atoms with Crippen molar-refractivity contribution in [3.05, 3.63) is 0 Å². The highest BCUT2D eigenvalue weighted by atomic mass is 35.5. The molecule has 0 aromatic carbocycles. The molecule has 0 amide bonds. The van der Waals surface area contributed by atoms with E-state index < -0.39 is 15.2 Å². The number of hydrogen-bond acceptors (Lipinski definition) is 2. The van der Waals surface area contributed by atoms with Crippen molar-refractivity contribution in [2.24, 2.45) is 0 Å². The summed E-state index contributed by atoms with van der Waals surface area (Å²) in [4.78, 5) is 0. The lowest BCUT2D eigenvalue weighted by Crippen LogP contribution is -2.12. The fourth-order valence-electron chi connectivity index (χ4n) is 0.0829. The molecule has 0 aliphatic heterocycles. The molecule has 0 rings (SSSR count). The third-order valence-electron chi connectivity index (χ3n) is 0.229. The van der Waals surface area contributed by atoms with Crippen molar-refractivity contribution in [2.75, 3.05) is 0 Å². The van der Waals surface area contributed by atoms with Crippen LogP contribution < -0.4 is 4.13 Å². The highest BCUT2D eigenvalue weighted by molar-refractivity contribution is 8.08. The van der Waals surface area contributed by atoms with Gasteiger partial charge in [0.2, 0.25) is 11.3 Å². The molecule has 3 nitrogen and oxygen atoms in total. The number of hydrogen-bond donors (Lipinski definition) is 2. The maximum absolute atomic E-state index is 11.9. The van der Waals surface area contributed by atoms with Crippen LogP contribution in [0.1, 0.15) is 0 Å². The zero-order valence-corrected chi connectivity index (χ0v) is 6.95. The van der Waals surface area contributed by atoms with E-state index >= 15 is 0 Å². The molecule has 1 atom stereocenters. The van der Waals surface area contributed by atoms with E-state index in [0.717, 1.165) is 0 Å². The van der Waals surface area contributed by atoms with Gasteiger partial charge in [-0.2, -0.15) is 8.52 Å². The van der Waals surface area contributed by atoms with Crippen molar-refractivity contribution in [2.45, 2.75) is 3.92 Å². The standard InChI is InChI=1S/CH2Cl2FNO2S2/c2-1(3,4)8-5-9(6)7/h5H,(H,6,7). The molecule has 0 heterocycles. The van der Waals surface area contributed by atoms with Crippen LogP contribution in [0.3, 0.4) is 0 Å². The average molecular weight is 214 g/mol. The van der Waals surface area contributed by atoms with E-state index in [0.29, 0.717) is 0 Å². The lowest BCUT2D eigenvalue weighted by atomic mass is 11.7. The Morgan fingerprint density at radius 1 is 1.78 bits per heavy atom. The molecule has 0 saturated heterocycles. The van der Waals surface area contributed by atoms with Crippen molar-refractivity contribution in [1.29, 1.82) is 0 Å². The minimum atomic E-state index is -2.57. The molecule has 0 spiro atoms. The summed E-state index contributed by atoms with van der Waals surface area (Å²) in [6, 6.07) is 0. The SMILES string of the molecule is O=S(O)NSC(F)(Cl)Cl. The van der Waals surface area contributed by atoms with E-state index in [2.05, 4.69) is 0 Å². The Bertz CT molecular complexity index is 116. The van der Waals surface area contributed by atoms with E-state index in [1.165, 1.54) is 0 Å². The Morgan fingerprint density at radius 2 is 2.22 bits per heavy atom. The quantitative estimate of drug-likeness (QED) is 0.424. The van der Waals surface area contributed by atoms with E-state index in [1.807, 2.05) is 0 Å². The molecule has 1 unspecified atom stereocenters. The zero-order valence-electron chi connectivity index (χ0n) is 3.81. The second kappa shape index (κ2) is 3.95. The van der Waals surface area contributed by atoms with Crippen molar-refractivity contribution >= 4 is 46.4 Å². The number of rotatable bonds is 3. The number of alkyl halides is 3. The van der Waals surface area contributed by atoms with Crippen LogP contribution in [0, 0.1) is 0 Å². The summed E-state index contributed by atoms with van der Waals surface area (Å²) in [5.41, 5.74) is 0. The van der Waals surface area contributed by atoms with Gasteiger partial charge >= 0.3 is 3.92 Å². The third-order valence-corrected chi connectivity index (χ3v) is 1.83. The first-order valence-electron chi connectivity index (χ1n) is 1.53. The van der Waals surface area contributed by atoms with Gasteiger partial charge in [0.1, 0.15) is 0 Å². The highest BCUT2D eigenvalue weighted by Gasteiger charge is 2.23. The molecule has 0 aromatic heterocycles. The molecular formula is CH2Cl2FNO2S2. The summed E-state index contributed by atoms with van der Waals surface area (Å²) < 4.78 is 28.8. The van der Waals surface area contributed by atoms with Crippen LogP contribution in [-0.4, -0.2) is 12.7 Å². The minimum Gasteiger partial charge on any atom is -0.293 e. The van der Waals surface area contributed by atoms with Gasteiger partial charge in [-0.3, -0.25) is 4.55 Å². The van der Waals surface area contributed by atoms with Crippen LogP contribution >= 0.6 is 35.1 Å². The summed E-state index contributed by atoms with van der Waals surface area (Å²) in [6.07, 6.45) is 0. The monoisotopic (exact) mass is 213 g/mol. The first-order chi connectivity index (χ1) is 3.92. The highest BCUT2D eigenvalue weighted by Crippen LogP contribution is 2.33. The molecule has 0 aromatic rings. The van der Waals surface area contributed by atoms with Crippen LogP contribution in [0.15, 0.2) is 0 Å². The van der Waals surface area contributed by atoms with Crippen LogP contribution in [0.5, 0.6) is 0 Å². The normalized spacial score (nSPS) is 15.6. The van der Waals surface area contributed by atoms with Crippen LogP contribution in [0.4, 0.5) is 4.39 Å². The van der Waals surface area contributed by atoms with Gasteiger partial charge in [-0.1, -0.05) is 23.2 Å². The third kappa shape index (κ3) is 8.93. The predicted octanol–water partition coefficient (Wildman–Crippen LogP) is 1.42. The van der Waals surface area contributed by atoms with Gasteiger partial charge in [-0.15, -0.1) is 0 Å². The molecule has 0 aliphatic rings. The zero-order chi connectivity index (χ0) is 7.49. The van der Waals surface area contributed by atoms with Crippen LogP contribution in [-0.2, 0) is 11.3 Å². The van der Waals surface area contributed by atoms with E-state index in [9.17, 15) is 8.60 Å². The van der Waals surface area contributed by atoms with Crippen molar-refractivity contribution in [1.82, 2.24) is 4.13 Å². The largest absolute Gasteiger partial charge is 0.319 e. The maximum Gasteiger partial charge on any atom is 0.319 e. The summed E-state index contributed by atoms with van der Waals surface area (Å²) in [7, 11) is 0. The van der Waals surface area contributed by atoms with Gasteiger partial charge in [0.15, 0.2) is 0 Å². The van der Waals surface area contributed by atoms with Crippen molar-refractivity contribution < 1.29 is 13.2 Å². The molecule has 9 heavy (non-hydrogen) atoms. The fraction of sp³-hybridized carbons (Fsp3) is 1.00. The summed E-state index contributed by atoms with van der Waals surface area (Å²) >= 11 is 7.26. The number of halogens is 3. The molecule has 0 radical (unpaired) electrons. The van der Waals surface area contributed by atoms with Gasteiger partial charge in [0, 0.05) is 11.9 Å². The lowest BCUT2D eigenvalue weighted by molar-refractivity contribution is 0.513. The Labute approximate surface area is 67.8 Å². The molecule has 8 heteroatoms. The summed E-state index contributed by atoms with van der Waals surface area (Å²) in [5, 5.41) is 0. The molecule has 2 N–H and O–H groups in total. The molecular weight excluding hydrogens is 212 g/mol. The maximum atomic E-state index is 11.9. The second-order valence-electron chi connectivity index (χ2n) is 0.880. The second-order valence-corrected chi connectivity index (χ2v) is 4.50. The first kappa shape index (κ1) is 9.93. The molecule has 56 valence electrons. The Kier molecular flexibility index (Phi) is 4.35. The summed E-state index contributed by atoms with van der Waals surface area (Å²) in [6.45, 7) is 0. The van der Waals surface area contributed by atoms with Gasteiger partial charge < -0.3 is 0 Å². The molecule has 0 bridgehead atoms. The van der Waals surface area contributed by atoms with Gasteiger partial charge in [0.05, 0.1) is 0 Å². The van der Waals surface area contributed by atoms with E-state index in [-0.39, 0.29) is 11.9 Å². The number of nitrogens with one attached hydrogen (secondary N) is 1. The predicted molar refractivity (Wildman–Crippen MR) is 37.0 cm³/mol. The topological polar surface area (TPSA) is 49.3 Å². The Hall–Kier alpha value is 0.930. The van der Waals surface area contributed by atoms with Gasteiger partial charge in [-0.25, -0.2) is 4.21 Å². The fourth-order valence-corrected chi connectivity index (χ4v) is 1.31. The van der Waals surface area contributed by atoms with E-state index in [1.54, 1.807) is 4.13 Å². The van der Waals surface area contributed by atoms with Crippen LogP contribution in [0.25, 0.3) is 0 Å². The average Bonchev–Trinajstić information content (AvgIpc) is 1.59. The van der Waals surface area contributed by atoms with Crippen molar-refractivity contribution in [3.8, 4) is 0 Å². The summed E-state index contributed by atoms with van der Waals surface area (Å²) in [5.74, 6) is 0. The smallest absolute Gasteiger partial charge is 0.293 e. The van der Waals surface area contributed by atoms with Crippen LogP contribution in [0.2, 0.25) is 0 Å². The lowest BCUT2D eigenvalue weighted by Gasteiger charge is -2.04. The Morgan fingerprint density at radius 3 is 2.33 bits per heavy atom. The van der Waals surface area contributed by atoms with Gasteiger partial charge in [-0.05, 0) is 0 Å². The minimum absolute atomic E-state index is 0.106. The first-order valence-corrected chi connectivity index (χ1v) is 4.21. The van der Waals surface area contributed by atoms with Gasteiger partial charge in [0.25, 0.3) is 0 Å². The molecule has 0 saturated carbocycles. The molecule has 0 fully saturated rings. The molecule has 0 aliphatic carbocycles. The Balaban J connectivity index is 3.39. The van der Waals surface area contributed by atoms with Crippen molar-refractivity contribution in [3.63, 3.8) is 0 Å².